The second-order valence-corrected chi connectivity index (χ2v) is 4.77. The van der Waals surface area contributed by atoms with Gasteiger partial charge < -0.3 is 21.3 Å². The van der Waals surface area contributed by atoms with E-state index in [0.717, 1.165) is 11.4 Å². The molecule has 0 spiro atoms. The zero-order valence-electron chi connectivity index (χ0n) is 12.5. The van der Waals surface area contributed by atoms with Crippen LogP contribution in [0.15, 0.2) is 60.7 Å². The van der Waals surface area contributed by atoms with E-state index in [4.69, 9.17) is 0 Å². The Kier molecular flexibility index (Phi) is 6.62. The van der Waals surface area contributed by atoms with Crippen LogP contribution in [0.5, 0.6) is 0 Å². The van der Waals surface area contributed by atoms with Gasteiger partial charge >= 0.3 is 6.03 Å². The molecule has 116 valence electrons. The van der Waals surface area contributed by atoms with Crippen molar-refractivity contribution >= 4 is 17.4 Å². The molecule has 0 bridgehead atoms. The van der Waals surface area contributed by atoms with Gasteiger partial charge in [0.15, 0.2) is 0 Å². The van der Waals surface area contributed by atoms with Crippen molar-refractivity contribution < 1.29 is 4.79 Å². The highest BCUT2D eigenvalue weighted by molar-refractivity contribution is 5.73. The third-order valence-electron chi connectivity index (χ3n) is 3.03. The van der Waals surface area contributed by atoms with Gasteiger partial charge in [-0.05, 0) is 24.3 Å². The third-order valence-corrected chi connectivity index (χ3v) is 3.03. The van der Waals surface area contributed by atoms with Crippen LogP contribution >= 0.6 is 0 Å². The molecule has 2 rings (SSSR count). The van der Waals surface area contributed by atoms with E-state index in [1.54, 1.807) is 0 Å². The van der Waals surface area contributed by atoms with E-state index in [-0.39, 0.29) is 6.03 Å². The Bertz CT molecular complexity index is 496. The summed E-state index contributed by atoms with van der Waals surface area (Å²) in [6.07, 6.45) is 0. The molecule has 0 aliphatic carbocycles. The van der Waals surface area contributed by atoms with Crippen LogP contribution in [-0.2, 0) is 0 Å². The summed E-state index contributed by atoms with van der Waals surface area (Å²) in [5.74, 6) is 0. The fourth-order valence-corrected chi connectivity index (χ4v) is 1.94. The Morgan fingerprint density at radius 2 is 1.05 bits per heavy atom. The minimum Gasteiger partial charge on any atom is -0.383 e. The molecule has 0 atom stereocenters. The van der Waals surface area contributed by atoms with Gasteiger partial charge in [0, 0.05) is 37.6 Å². The molecule has 2 aromatic rings. The molecular formula is C17H22N4O. The van der Waals surface area contributed by atoms with Gasteiger partial charge in [0.05, 0.1) is 0 Å². The van der Waals surface area contributed by atoms with Crippen molar-refractivity contribution in [3.05, 3.63) is 60.7 Å². The Morgan fingerprint density at radius 3 is 1.45 bits per heavy atom. The number of nitrogens with one attached hydrogen (secondary N) is 4. The molecular weight excluding hydrogens is 276 g/mol. The number of amides is 2. The smallest absolute Gasteiger partial charge is 0.314 e. The molecule has 0 radical (unpaired) electrons. The Hall–Kier alpha value is -2.69. The predicted octanol–water partition coefficient (Wildman–Crippen LogP) is 2.51. The molecule has 0 aromatic heterocycles. The average Bonchev–Trinajstić information content (AvgIpc) is 2.57. The van der Waals surface area contributed by atoms with Crippen molar-refractivity contribution in [2.24, 2.45) is 0 Å². The molecule has 0 heterocycles. The second kappa shape index (κ2) is 9.28. The highest BCUT2D eigenvalue weighted by Crippen LogP contribution is 2.04. The molecule has 0 unspecified atom stereocenters. The Balaban J connectivity index is 1.49. The SMILES string of the molecule is O=C(NCCNc1ccccc1)NCCNc1ccccc1. The van der Waals surface area contributed by atoms with Gasteiger partial charge in [0.25, 0.3) is 0 Å². The summed E-state index contributed by atoms with van der Waals surface area (Å²) >= 11 is 0. The average molecular weight is 298 g/mol. The lowest BCUT2D eigenvalue weighted by Gasteiger charge is -2.10. The number of anilines is 2. The van der Waals surface area contributed by atoms with E-state index >= 15 is 0 Å². The van der Waals surface area contributed by atoms with Crippen molar-refractivity contribution in [2.45, 2.75) is 0 Å². The zero-order chi connectivity index (χ0) is 15.5. The topological polar surface area (TPSA) is 65.2 Å². The van der Waals surface area contributed by atoms with Crippen LogP contribution in [0.3, 0.4) is 0 Å². The van der Waals surface area contributed by atoms with Crippen molar-refractivity contribution in [1.82, 2.24) is 10.6 Å². The molecule has 0 saturated carbocycles. The van der Waals surface area contributed by atoms with Crippen molar-refractivity contribution in [3.8, 4) is 0 Å². The first-order valence-electron chi connectivity index (χ1n) is 7.44. The first-order chi connectivity index (χ1) is 10.8. The van der Waals surface area contributed by atoms with Crippen LogP contribution in [0.4, 0.5) is 16.2 Å². The van der Waals surface area contributed by atoms with Gasteiger partial charge in [0.1, 0.15) is 0 Å². The van der Waals surface area contributed by atoms with E-state index in [2.05, 4.69) is 21.3 Å². The molecule has 5 heteroatoms. The van der Waals surface area contributed by atoms with Gasteiger partial charge in [-0.2, -0.15) is 0 Å². The molecule has 2 amide bonds. The zero-order valence-corrected chi connectivity index (χ0v) is 12.5. The van der Waals surface area contributed by atoms with Gasteiger partial charge in [-0.15, -0.1) is 0 Å². The van der Waals surface area contributed by atoms with E-state index in [1.807, 2.05) is 60.7 Å². The molecule has 22 heavy (non-hydrogen) atoms. The number of hydrogen-bond donors (Lipinski definition) is 4. The maximum absolute atomic E-state index is 11.6. The van der Waals surface area contributed by atoms with Crippen molar-refractivity contribution in [1.29, 1.82) is 0 Å². The number of carbonyl (C=O) groups excluding carboxylic acids is 1. The summed E-state index contributed by atoms with van der Waals surface area (Å²) in [4.78, 5) is 11.6. The summed E-state index contributed by atoms with van der Waals surface area (Å²) in [5.41, 5.74) is 2.11. The van der Waals surface area contributed by atoms with Crippen LogP contribution in [0.2, 0.25) is 0 Å². The Labute approximate surface area is 131 Å². The maximum atomic E-state index is 11.6. The van der Waals surface area contributed by atoms with Crippen LogP contribution in [0.25, 0.3) is 0 Å². The van der Waals surface area contributed by atoms with E-state index in [0.29, 0.717) is 26.2 Å². The molecule has 0 aliphatic heterocycles. The minimum atomic E-state index is -0.148. The standard InChI is InChI=1S/C17H22N4O/c22-17(20-13-11-18-15-7-3-1-4-8-15)21-14-12-19-16-9-5-2-6-10-16/h1-10,18-19H,11-14H2,(H2,20,21,22). The minimum absolute atomic E-state index is 0.148. The number of para-hydroxylation sites is 2. The summed E-state index contributed by atoms with van der Waals surface area (Å²) in [5, 5.41) is 12.1. The number of hydrogen-bond acceptors (Lipinski definition) is 3. The molecule has 0 fully saturated rings. The lowest BCUT2D eigenvalue weighted by atomic mass is 10.3. The molecule has 0 saturated heterocycles. The fraction of sp³-hybridized carbons (Fsp3) is 0.235. The van der Waals surface area contributed by atoms with E-state index in [1.165, 1.54) is 0 Å². The summed E-state index contributed by atoms with van der Waals surface area (Å²) in [6, 6.07) is 19.7. The largest absolute Gasteiger partial charge is 0.383 e. The summed E-state index contributed by atoms with van der Waals surface area (Å²) < 4.78 is 0. The monoisotopic (exact) mass is 298 g/mol. The highest BCUT2D eigenvalue weighted by atomic mass is 16.2. The highest BCUT2D eigenvalue weighted by Gasteiger charge is 1.98. The first kappa shape index (κ1) is 15.7. The van der Waals surface area contributed by atoms with Gasteiger partial charge in [0.2, 0.25) is 0 Å². The first-order valence-corrected chi connectivity index (χ1v) is 7.44. The number of benzene rings is 2. The molecule has 4 N–H and O–H groups in total. The maximum Gasteiger partial charge on any atom is 0.314 e. The molecule has 5 nitrogen and oxygen atoms in total. The van der Waals surface area contributed by atoms with Gasteiger partial charge in [-0.1, -0.05) is 36.4 Å². The van der Waals surface area contributed by atoms with Crippen LogP contribution in [0.1, 0.15) is 0 Å². The number of rotatable bonds is 8. The molecule has 2 aromatic carbocycles. The van der Waals surface area contributed by atoms with Crippen molar-refractivity contribution in [3.63, 3.8) is 0 Å². The second-order valence-electron chi connectivity index (χ2n) is 4.77. The van der Waals surface area contributed by atoms with Gasteiger partial charge in [-0.3, -0.25) is 0 Å². The summed E-state index contributed by atoms with van der Waals surface area (Å²) in [7, 11) is 0. The van der Waals surface area contributed by atoms with Gasteiger partial charge in [-0.25, -0.2) is 4.79 Å². The number of carbonyl (C=O) groups is 1. The third kappa shape index (κ3) is 6.17. The van der Waals surface area contributed by atoms with Crippen LogP contribution < -0.4 is 21.3 Å². The van der Waals surface area contributed by atoms with E-state index in [9.17, 15) is 4.79 Å². The lowest BCUT2D eigenvalue weighted by Crippen LogP contribution is -2.39. The predicted molar refractivity (Wildman–Crippen MR) is 91.3 cm³/mol. The normalized spacial score (nSPS) is 9.82. The van der Waals surface area contributed by atoms with Crippen molar-refractivity contribution in [2.75, 3.05) is 36.8 Å². The summed E-state index contributed by atoms with van der Waals surface area (Å²) in [6.45, 7) is 2.54. The van der Waals surface area contributed by atoms with Crippen LogP contribution in [-0.4, -0.2) is 32.2 Å². The van der Waals surface area contributed by atoms with Crippen LogP contribution in [0, 0.1) is 0 Å². The quantitative estimate of drug-likeness (QED) is 0.566. The van der Waals surface area contributed by atoms with E-state index < -0.39 is 0 Å². The lowest BCUT2D eigenvalue weighted by molar-refractivity contribution is 0.241. The molecule has 0 aliphatic rings. The Morgan fingerprint density at radius 1 is 0.636 bits per heavy atom. The fourth-order valence-electron chi connectivity index (χ4n) is 1.94. The number of urea groups is 1.